The SMILES string of the molecule is CN=CC(Cc1ccc(-c2ccc(C#N)c(F)c2)s1)NC(=O)C1C2CCC(C2)N1C(=O)OC(C)(C)C. The number of fused-ring (bicyclic) bond motifs is 2. The standard InChI is InChI=1S/C27H31FN4O3S/c1-27(2,3)35-26(34)32-20-8-7-17(11-20)24(32)25(33)31-19(15-30-4)13-21-9-10-23(36-21)16-5-6-18(14-29)22(28)12-16/h5-6,9-10,12,15,17,19-20,24H,7-8,11,13H2,1-4H3,(H,31,33). The molecule has 2 aromatic rings. The van der Waals surface area contributed by atoms with Gasteiger partial charge >= 0.3 is 6.09 Å². The normalized spacial score (nSPS) is 22.0. The van der Waals surface area contributed by atoms with E-state index in [-0.39, 0.29) is 29.5 Å². The van der Waals surface area contributed by atoms with Gasteiger partial charge in [0.05, 0.1) is 11.6 Å². The molecule has 1 aliphatic heterocycles. The van der Waals surface area contributed by atoms with Crippen molar-refractivity contribution in [3.63, 3.8) is 0 Å². The van der Waals surface area contributed by atoms with Crippen molar-refractivity contribution in [2.75, 3.05) is 7.05 Å². The summed E-state index contributed by atoms with van der Waals surface area (Å²) in [6, 6.07) is 9.38. The minimum atomic E-state index is -0.633. The van der Waals surface area contributed by atoms with Crippen molar-refractivity contribution in [1.29, 1.82) is 5.26 Å². The number of carbonyl (C=O) groups is 2. The molecule has 1 aromatic heterocycles. The molecule has 2 bridgehead atoms. The lowest BCUT2D eigenvalue weighted by atomic mass is 9.97. The molecule has 4 rings (SSSR count). The Balaban J connectivity index is 1.46. The predicted octanol–water partition coefficient (Wildman–Crippen LogP) is 4.94. The van der Waals surface area contributed by atoms with Gasteiger partial charge in [0, 0.05) is 35.5 Å². The lowest BCUT2D eigenvalue weighted by molar-refractivity contribution is -0.128. The van der Waals surface area contributed by atoms with Crippen LogP contribution in [0.4, 0.5) is 9.18 Å². The summed E-state index contributed by atoms with van der Waals surface area (Å²) in [5, 5.41) is 12.0. The summed E-state index contributed by atoms with van der Waals surface area (Å²) in [6.45, 7) is 5.47. The van der Waals surface area contributed by atoms with Crippen LogP contribution in [0.2, 0.25) is 0 Å². The first-order valence-electron chi connectivity index (χ1n) is 12.1. The summed E-state index contributed by atoms with van der Waals surface area (Å²) in [6.07, 6.45) is 4.40. The van der Waals surface area contributed by atoms with Gasteiger partial charge in [0.25, 0.3) is 0 Å². The number of hydrogen-bond acceptors (Lipinski definition) is 6. The van der Waals surface area contributed by atoms with Gasteiger partial charge in [-0.3, -0.25) is 14.7 Å². The first-order valence-corrected chi connectivity index (χ1v) is 12.9. The summed E-state index contributed by atoms with van der Waals surface area (Å²) in [5.74, 6) is -0.612. The number of benzene rings is 1. The van der Waals surface area contributed by atoms with Crippen LogP contribution in [-0.2, 0) is 16.0 Å². The Kier molecular flexibility index (Phi) is 7.46. The lowest BCUT2D eigenvalue weighted by Crippen LogP contribution is -2.55. The number of nitriles is 1. The molecule has 190 valence electrons. The average molecular weight is 511 g/mol. The van der Waals surface area contributed by atoms with Gasteiger partial charge in [-0.2, -0.15) is 5.26 Å². The van der Waals surface area contributed by atoms with Gasteiger partial charge in [-0.1, -0.05) is 6.07 Å². The third-order valence-electron chi connectivity index (χ3n) is 6.57. The second kappa shape index (κ2) is 10.4. The average Bonchev–Trinajstić information content (AvgIpc) is 3.54. The van der Waals surface area contributed by atoms with Gasteiger partial charge < -0.3 is 10.1 Å². The number of carbonyl (C=O) groups excluding carboxylic acids is 2. The molecule has 0 spiro atoms. The number of likely N-dealkylation sites (tertiary alicyclic amines) is 1. The van der Waals surface area contributed by atoms with Crippen molar-refractivity contribution >= 4 is 29.6 Å². The van der Waals surface area contributed by atoms with E-state index >= 15 is 0 Å². The highest BCUT2D eigenvalue weighted by Crippen LogP contribution is 2.43. The van der Waals surface area contributed by atoms with E-state index in [2.05, 4.69) is 10.3 Å². The molecule has 2 fully saturated rings. The maximum absolute atomic E-state index is 14.1. The van der Waals surface area contributed by atoms with Gasteiger partial charge in [0.15, 0.2) is 0 Å². The van der Waals surface area contributed by atoms with Crippen molar-refractivity contribution < 1.29 is 18.7 Å². The Bertz CT molecular complexity index is 1210. The van der Waals surface area contributed by atoms with Crippen molar-refractivity contribution in [3.8, 4) is 16.5 Å². The van der Waals surface area contributed by atoms with Crippen LogP contribution >= 0.6 is 11.3 Å². The van der Waals surface area contributed by atoms with E-state index in [0.29, 0.717) is 12.0 Å². The number of halogens is 1. The topological polar surface area (TPSA) is 94.8 Å². The molecule has 4 unspecified atom stereocenters. The molecule has 2 amide bonds. The highest BCUT2D eigenvalue weighted by atomic mass is 32.1. The number of nitrogens with zero attached hydrogens (tertiary/aromatic N) is 3. The van der Waals surface area contributed by atoms with Crippen LogP contribution in [0.1, 0.15) is 50.5 Å². The van der Waals surface area contributed by atoms with Gasteiger partial charge in [-0.15, -0.1) is 11.3 Å². The fourth-order valence-electron chi connectivity index (χ4n) is 5.11. The van der Waals surface area contributed by atoms with Crippen molar-refractivity contribution in [1.82, 2.24) is 10.2 Å². The van der Waals surface area contributed by atoms with Crippen LogP contribution < -0.4 is 5.32 Å². The molecule has 1 aliphatic carbocycles. The lowest BCUT2D eigenvalue weighted by Gasteiger charge is -2.36. The maximum atomic E-state index is 14.1. The Morgan fingerprint density at radius 1 is 1.33 bits per heavy atom. The van der Waals surface area contributed by atoms with Crippen LogP contribution in [0, 0.1) is 23.1 Å². The number of aliphatic imine (C=N–C) groups is 1. The molecule has 4 atom stereocenters. The van der Waals surface area contributed by atoms with Crippen LogP contribution in [0.3, 0.4) is 0 Å². The summed E-state index contributed by atoms with van der Waals surface area (Å²) in [5.41, 5.74) is 0.0764. The van der Waals surface area contributed by atoms with E-state index in [0.717, 1.165) is 29.0 Å². The second-order valence-corrected chi connectivity index (χ2v) is 11.5. The molecule has 7 nitrogen and oxygen atoms in total. The minimum absolute atomic E-state index is 0.0125. The number of nitrogens with one attached hydrogen (secondary N) is 1. The zero-order chi connectivity index (χ0) is 26.0. The van der Waals surface area contributed by atoms with Gasteiger partial charge in [0.2, 0.25) is 5.91 Å². The molecule has 1 aromatic carbocycles. The summed E-state index contributed by atoms with van der Waals surface area (Å²) >= 11 is 1.50. The number of hydrogen-bond donors (Lipinski definition) is 1. The first kappa shape index (κ1) is 25.8. The monoisotopic (exact) mass is 510 g/mol. The molecule has 9 heteroatoms. The van der Waals surface area contributed by atoms with Gasteiger partial charge in [-0.05, 0) is 75.8 Å². The molecular formula is C27H31FN4O3S. The zero-order valence-electron chi connectivity index (χ0n) is 21.0. The van der Waals surface area contributed by atoms with E-state index in [9.17, 15) is 14.0 Å². The summed E-state index contributed by atoms with van der Waals surface area (Å²) < 4.78 is 19.7. The minimum Gasteiger partial charge on any atom is -0.444 e. The third-order valence-corrected chi connectivity index (χ3v) is 7.73. The molecule has 1 saturated heterocycles. The summed E-state index contributed by atoms with van der Waals surface area (Å²) in [4.78, 5) is 34.0. The number of thiophene rings is 1. The quantitative estimate of drug-likeness (QED) is 0.557. The van der Waals surface area contributed by atoms with Crippen molar-refractivity contribution in [2.45, 2.75) is 70.2 Å². The Labute approximate surface area is 215 Å². The van der Waals surface area contributed by atoms with E-state index in [1.54, 1.807) is 24.2 Å². The van der Waals surface area contributed by atoms with E-state index in [1.807, 2.05) is 39.0 Å². The molecular weight excluding hydrogens is 479 g/mol. The first-order chi connectivity index (χ1) is 17.1. The fourth-order valence-corrected chi connectivity index (χ4v) is 6.17. The molecule has 2 aliphatic rings. The van der Waals surface area contributed by atoms with E-state index in [1.165, 1.54) is 23.5 Å². The maximum Gasteiger partial charge on any atom is 0.411 e. The van der Waals surface area contributed by atoms with Gasteiger partial charge in [-0.25, -0.2) is 9.18 Å². The van der Waals surface area contributed by atoms with Gasteiger partial charge in [0.1, 0.15) is 23.5 Å². The van der Waals surface area contributed by atoms with Crippen LogP contribution in [-0.4, -0.2) is 53.9 Å². The largest absolute Gasteiger partial charge is 0.444 e. The zero-order valence-corrected chi connectivity index (χ0v) is 21.8. The summed E-state index contributed by atoms with van der Waals surface area (Å²) in [7, 11) is 1.66. The molecule has 2 heterocycles. The van der Waals surface area contributed by atoms with Crippen LogP contribution in [0.25, 0.3) is 10.4 Å². The van der Waals surface area contributed by atoms with Crippen molar-refractivity contribution in [3.05, 3.63) is 46.6 Å². The third kappa shape index (κ3) is 5.59. The Morgan fingerprint density at radius 2 is 2.11 bits per heavy atom. The van der Waals surface area contributed by atoms with E-state index in [4.69, 9.17) is 10.00 Å². The number of ether oxygens (including phenoxy) is 1. The van der Waals surface area contributed by atoms with E-state index < -0.39 is 23.6 Å². The predicted molar refractivity (Wildman–Crippen MR) is 137 cm³/mol. The second-order valence-electron chi connectivity index (χ2n) is 10.4. The van der Waals surface area contributed by atoms with Crippen LogP contribution in [0.15, 0.2) is 35.3 Å². The molecule has 1 saturated carbocycles. The Morgan fingerprint density at radius 3 is 2.78 bits per heavy atom. The Hall–Kier alpha value is -3.25. The highest BCUT2D eigenvalue weighted by Gasteiger charge is 2.52. The number of rotatable bonds is 6. The number of piperidine rings is 1. The van der Waals surface area contributed by atoms with Crippen LogP contribution in [0.5, 0.6) is 0 Å². The highest BCUT2D eigenvalue weighted by molar-refractivity contribution is 7.15. The fraction of sp³-hybridized carbons (Fsp3) is 0.481. The molecule has 1 N–H and O–H groups in total. The molecule has 0 radical (unpaired) electrons. The smallest absolute Gasteiger partial charge is 0.411 e. The molecule has 36 heavy (non-hydrogen) atoms. The van der Waals surface area contributed by atoms with Crippen molar-refractivity contribution in [2.24, 2.45) is 10.9 Å². The number of amides is 2.